The third-order valence-corrected chi connectivity index (χ3v) is 3.24. The molecule has 5 nitrogen and oxygen atoms in total. The number of nitrogens with zero attached hydrogens (tertiary/aromatic N) is 3. The topological polar surface area (TPSA) is 66.0 Å². The SMILES string of the molecule is Cn1cc(COC2CCCCC2CN)nn1. The van der Waals surface area contributed by atoms with Crippen molar-refractivity contribution >= 4 is 0 Å². The van der Waals surface area contributed by atoms with Gasteiger partial charge in [0.25, 0.3) is 0 Å². The van der Waals surface area contributed by atoms with Gasteiger partial charge in [-0.15, -0.1) is 5.10 Å². The molecular weight excluding hydrogens is 204 g/mol. The zero-order valence-corrected chi connectivity index (χ0v) is 9.80. The average Bonchev–Trinajstić information content (AvgIpc) is 2.73. The van der Waals surface area contributed by atoms with Gasteiger partial charge in [0, 0.05) is 7.05 Å². The summed E-state index contributed by atoms with van der Waals surface area (Å²) in [6.07, 6.45) is 7.05. The molecule has 0 radical (unpaired) electrons. The third kappa shape index (κ3) is 2.80. The first kappa shape index (κ1) is 11.5. The smallest absolute Gasteiger partial charge is 0.108 e. The number of nitrogens with two attached hydrogens (primary N) is 1. The molecule has 1 heterocycles. The number of hydrogen-bond donors (Lipinski definition) is 1. The molecule has 0 saturated heterocycles. The van der Waals surface area contributed by atoms with Gasteiger partial charge in [0.15, 0.2) is 0 Å². The second kappa shape index (κ2) is 5.41. The van der Waals surface area contributed by atoms with Crippen LogP contribution in [0.15, 0.2) is 6.20 Å². The summed E-state index contributed by atoms with van der Waals surface area (Å²) in [4.78, 5) is 0. The lowest BCUT2D eigenvalue weighted by Crippen LogP contribution is -2.33. The highest BCUT2D eigenvalue weighted by atomic mass is 16.5. The van der Waals surface area contributed by atoms with Gasteiger partial charge in [-0.25, -0.2) is 0 Å². The Bertz CT molecular complexity index is 326. The Hall–Kier alpha value is -0.940. The molecule has 1 aromatic heterocycles. The Kier molecular flexibility index (Phi) is 3.90. The zero-order chi connectivity index (χ0) is 11.4. The number of hydrogen-bond acceptors (Lipinski definition) is 4. The summed E-state index contributed by atoms with van der Waals surface area (Å²) in [7, 11) is 1.86. The lowest BCUT2D eigenvalue weighted by atomic mass is 9.86. The fraction of sp³-hybridized carbons (Fsp3) is 0.818. The molecule has 5 heteroatoms. The highest BCUT2D eigenvalue weighted by Crippen LogP contribution is 2.26. The predicted molar refractivity (Wildman–Crippen MR) is 60.6 cm³/mol. The molecule has 16 heavy (non-hydrogen) atoms. The number of aromatic nitrogens is 3. The van der Waals surface area contributed by atoms with Gasteiger partial charge in [0.2, 0.25) is 0 Å². The summed E-state index contributed by atoms with van der Waals surface area (Å²) >= 11 is 0. The summed E-state index contributed by atoms with van der Waals surface area (Å²) < 4.78 is 7.58. The van der Waals surface area contributed by atoms with Crippen molar-refractivity contribution in [3.63, 3.8) is 0 Å². The Labute approximate surface area is 96.0 Å². The summed E-state index contributed by atoms with van der Waals surface area (Å²) in [5, 5.41) is 7.89. The van der Waals surface area contributed by atoms with Crippen LogP contribution in [0.25, 0.3) is 0 Å². The van der Waals surface area contributed by atoms with Gasteiger partial charge in [-0.3, -0.25) is 4.68 Å². The van der Waals surface area contributed by atoms with Crippen LogP contribution in [0.5, 0.6) is 0 Å². The molecule has 2 rings (SSSR count). The predicted octanol–water partition coefficient (Wildman–Crippen LogP) is 0.849. The van der Waals surface area contributed by atoms with Crippen molar-refractivity contribution in [2.24, 2.45) is 18.7 Å². The van der Waals surface area contributed by atoms with Crippen LogP contribution < -0.4 is 5.73 Å². The second-order valence-electron chi connectivity index (χ2n) is 4.51. The van der Waals surface area contributed by atoms with Crippen molar-refractivity contribution < 1.29 is 4.74 Å². The summed E-state index contributed by atoms with van der Waals surface area (Å²) in [5.74, 6) is 0.519. The molecule has 1 aromatic rings. The molecule has 0 aromatic carbocycles. The number of ether oxygens (including phenoxy) is 1. The van der Waals surface area contributed by atoms with Gasteiger partial charge in [-0.1, -0.05) is 18.1 Å². The molecule has 1 saturated carbocycles. The molecule has 1 aliphatic rings. The van der Waals surface area contributed by atoms with E-state index in [4.69, 9.17) is 10.5 Å². The van der Waals surface area contributed by atoms with Crippen molar-refractivity contribution in [1.29, 1.82) is 0 Å². The van der Waals surface area contributed by atoms with Crippen LogP contribution >= 0.6 is 0 Å². The second-order valence-corrected chi connectivity index (χ2v) is 4.51. The first-order valence-corrected chi connectivity index (χ1v) is 5.96. The molecule has 0 amide bonds. The Morgan fingerprint density at radius 3 is 3.00 bits per heavy atom. The van der Waals surface area contributed by atoms with E-state index in [1.807, 2.05) is 13.2 Å². The first-order valence-electron chi connectivity index (χ1n) is 5.96. The largest absolute Gasteiger partial charge is 0.371 e. The van der Waals surface area contributed by atoms with Crippen LogP contribution in [0.4, 0.5) is 0 Å². The van der Waals surface area contributed by atoms with Crippen molar-refractivity contribution in [3.8, 4) is 0 Å². The van der Waals surface area contributed by atoms with Crippen molar-refractivity contribution in [2.75, 3.05) is 6.54 Å². The Morgan fingerprint density at radius 2 is 2.31 bits per heavy atom. The van der Waals surface area contributed by atoms with E-state index in [1.54, 1.807) is 4.68 Å². The quantitative estimate of drug-likeness (QED) is 0.823. The highest BCUT2D eigenvalue weighted by molar-refractivity contribution is 4.89. The molecule has 0 bridgehead atoms. The van der Waals surface area contributed by atoms with Gasteiger partial charge in [0.1, 0.15) is 5.69 Å². The van der Waals surface area contributed by atoms with Gasteiger partial charge < -0.3 is 10.5 Å². The number of aryl methyl sites for hydroxylation is 1. The van der Waals surface area contributed by atoms with Crippen molar-refractivity contribution in [3.05, 3.63) is 11.9 Å². The lowest BCUT2D eigenvalue weighted by molar-refractivity contribution is -0.0196. The maximum atomic E-state index is 5.89. The molecule has 2 unspecified atom stereocenters. The van der Waals surface area contributed by atoms with E-state index in [1.165, 1.54) is 19.3 Å². The zero-order valence-electron chi connectivity index (χ0n) is 9.80. The van der Waals surface area contributed by atoms with Crippen LogP contribution in [-0.4, -0.2) is 27.6 Å². The monoisotopic (exact) mass is 224 g/mol. The Balaban J connectivity index is 1.84. The minimum atomic E-state index is 0.306. The van der Waals surface area contributed by atoms with E-state index < -0.39 is 0 Å². The minimum absolute atomic E-state index is 0.306. The summed E-state index contributed by atoms with van der Waals surface area (Å²) in [6.45, 7) is 1.28. The normalized spacial score (nSPS) is 25.9. The maximum Gasteiger partial charge on any atom is 0.108 e. The van der Waals surface area contributed by atoms with E-state index in [-0.39, 0.29) is 0 Å². The van der Waals surface area contributed by atoms with Gasteiger partial charge in [-0.05, 0) is 25.3 Å². The maximum absolute atomic E-state index is 5.89. The van der Waals surface area contributed by atoms with Crippen LogP contribution in [-0.2, 0) is 18.4 Å². The van der Waals surface area contributed by atoms with Crippen LogP contribution in [0.2, 0.25) is 0 Å². The Morgan fingerprint density at radius 1 is 1.50 bits per heavy atom. The van der Waals surface area contributed by atoms with Crippen molar-refractivity contribution in [2.45, 2.75) is 38.4 Å². The third-order valence-electron chi connectivity index (χ3n) is 3.24. The van der Waals surface area contributed by atoms with E-state index >= 15 is 0 Å². The van der Waals surface area contributed by atoms with E-state index in [0.717, 1.165) is 18.7 Å². The lowest BCUT2D eigenvalue weighted by Gasteiger charge is -2.30. The fourth-order valence-corrected chi connectivity index (χ4v) is 2.32. The van der Waals surface area contributed by atoms with Crippen molar-refractivity contribution in [1.82, 2.24) is 15.0 Å². The van der Waals surface area contributed by atoms with Crippen LogP contribution in [0, 0.1) is 5.92 Å². The molecule has 1 fully saturated rings. The van der Waals surface area contributed by atoms with Crippen LogP contribution in [0.1, 0.15) is 31.4 Å². The van der Waals surface area contributed by atoms with E-state index in [9.17, 15) is 0 Å². The molecule has 2 atom stereocenters. The van der Waals surface area contributed by atoms with Gasteiger partial charge in [0.05, 0.1) is 18.9 Å². The first-order chi connectivity index (χ1) is 7.79. The molecule has 1 aliphatic carbocycles. The summed E-state index contributed by atoms with van der Waals surface area (Å²) in [6, 6.07) is 0. The van der Waals surface area contributed by atoms with Gasteiger partial charge >= 0.3 is 0 Å². The van der Waals surface area contributed by atoms with Gasteiger partial charge in [-0.2, -0.15) is 0 Å². The minimum Gasteiger partial charge on any atom is -0.371 e. The highest BCUT2D eigenvalue weighted by Gasteiger charge is 2.24. The van der Waals surface area contributed by atoms with Crippen LogP contribution in [0.3, 0.4) is 0 Å². The average molecular weight is 224 g/mol. The molecule has 0 aliphatic heterocycles. The number of rotatable bonds is 4. The molecule has 90 valence electrons. The fourth-order valence-electron chi connectivity index (χ4n) is 2.32. The van der Waals surface area contributed by atoms with E-state index in [2.05, 4.69) is 10.3 Å². The standard InChI is InChI=1S/C11H20N4O/c1-15-7-10(13-14-15)8-16-11-5-3-2-4-9(11)6-12/h7,9,11H,2-6,8,12H2,1H3. The van der Waals surface area contributed by atoms with E-state index in [0.29, 0.717) is 18.6 Å². The molecular formula is C11H20N4O. The molecule has 2 N–H and O–H groups in total. The molecule has 0 spiro atoms. The summed E-state index contributed by atoms with van der Waals surface area (Å²) in [5.41, 5.74) is 6.65.